The van der Waals surface area contributed by atoms with Crippen LogP contribution in [0.25, 0.3) is 0 Å². The summed E-state index contributed by atoms with van der Waals surface area (Å²) in [6, 6.07) is 2.28. The van der Waals surface area contributed by atoms with Gasteiger partial charge in [0.25, 0.3) is 5.69 Å². The van der Waals surface area contributed by atoms with Crippen molar-refractivity contribution in [2.24, 2.45) is 0 Å². The maximum Gasteiger partial charge on any atom is 0.275 e. The van der Waals surface area contributed by atoms with Crippen LogP contribution in [0, 0.1) is 17.0 Å². The van der Waals surface area contributed by atoms with Crippen molar-refractivity contribution in [3.63, 3.8) is 0 Å². The summed E-state index contributed by atoms with van der Waals surface area (Å²) in [5, 5.41) is 13.9. The van der Waals surface area contributed by atoms with Gasteiger partial charge in [0.15, 0.2) is 0 Å². The molecule has 0 bridgehead atoms. The Morgan fingerprint density at radius 1 is 1.31 bits per heavy atom. The zero-order chi connectivity index (χ0) is 19.3. The first-order valence-corrected chi connectivity index (χ1v) is 10.3. The third kappa shape index (κ3) is 5.39. The van der Waals surface area contributed by atoms with E-state index in [4.69, 9.17) is 11.6 Å². The molecule has 1 aromatic carbocycles. The van der Waals surface area contributed by atoms with Crippen LogP contribution in [0.1, 0.15) is 44.1 Å². The summed E-state index contributed by atoms with van der Waals surface area (Å²) in [5.41, 5.74) is -0.171. The second kappa shape index (κ2) is 8.79. The minimum Gasteiger partial charge on any atom is -0.353 e. The van der Waals surface area contributed by atoms with E-state index >= 15 is 0 Å². The molecule has 1 amide bonds. The van der Waals surface area contributed by atoms with Gasteiger partial charge in [-0.3, -0.25) is 14.9 Å². The molecule has 1 aliphatic carbocycles. The van der Waals surface area contributed by atoms with E-state index in [2.05, 4.69) is 10.0 Å². The third-order valence-corrected chi connectivity index (χ3v) is 6.24. The summed E-state index contributed by atoms with van der Waals surface area (Å²) in [6.07, 6.45) is 5.25. The van der Waals surface area contributed by atoms with Crippen molar-refractivity contribution in [2.75, 3.05) is 6.54 Å². The summed E-state index contributed by atoms with van der Waals surface area (Å²) >= 11 is 5.90. The average molecular weight is 404 g/mol. The summed E-state index contributed by atoms with van der Waals surface area (Å²) in [4.78, 5) is 22.0. The number of nitrogens with one attached hydrogen (secondary N) is 2. The molecule has 26 heavy (non-hydrogen) atoms. The number of nitro groups is 1. The van der Waals surface area contributed by atoms with Gasteiger partial charge in [-0.1, -0.05) is 30.9 Å². The molecule has 2 N–H and O–H groups in total. The summed E-state index contributed by atoms with van der Waals surface area (Å²) in [5.74, 6) is -0.215. The van der Waals surface area contributed by atoms with E-state index < -0.39 is 14.9 Å². The van der Waals surface area contributed by atoms with E-state index in [1.54, 1.807) is 0 Å². The Hall–Kier alpha value is -1.71. The molecule has 144 valence electrons. The van der Waals surface area contributed by atoms with Crippen LogP contribution in [0.4, 0.5) is 5.69 Å². The van der Waals surface area contributed by atoms with Crippen LogP contribution in [-0.2, 0) is 14.8 Å². The highest BCUT2D eigenvalue weighted by Crippen LogP contribution is 2.29. The number of hydrogen-bond donors (Lipinski definition) is 2. The second-order valence-corrected chi connectivity index (χ2v) is 8.53. The first kappa shape index (κ1) is 20.6. The molecule has 0 saturated heterocycles. The van der Waals surface area contributed by atoms with Crippen molar-refractivity contribution >= 4 is 33.2 Å². The highest BCUT2D eigenvalue weighted by molar-refractivity contribution is 7.89. The minimum atomic E-state index is -4.00. The lowest BCUT2D eigenvalue weighted by atomic mass is 9.95. The lowest BCUT2D eigenvalue weighted by Gasteiger charge is -2.22. The Morgan fingerprint density at radius 3 is 2.58 bits per heavy atom. The van der Waals surface area contributed by atoms with Crippen molar-refractivity contribution < 1.29 is 18.1 Å². The zero-order valence-corrected chi connectivity index (χ0v) is 16.0. The molecule has 1 aliphatic rings. The molecule has 0 unspecified atom stereocenters. The van der Waals surface area contributed by atoms with Crippen LogP contribution in [0.5, 0.6) is 0 Å². The second-order valence-electron chi connectivity index (χ2n) is 6.36. The molecule has 8 nitrogen and oxygen atoms in total. The van der Waals surface area contributed by atoms with Crippen molar-refractivity contribution in [3.05, 3.63) is 32.8 Å². The molecule has 0 atom stereocenters. The van der Waals surface area contributed by atoms with E-state index in [0.717, 1.165) is 37.8 Å². The predicted octanol–water partition coefficient (Wildman–Crippen LogP) is 2.67. The Morgan fingerprint density at radius 2 is 1.96 bits per heavy atom. The lowest BCUT2D eigenvalue weighted by molar-refractivity contribution is -0.385. The Bertz CT molecular complexity index is 791. The van der Waals surface area contributed by atoms with E-state index in [0.29, 0.717) is 0 Å². The van der Waals surface area contributed by atoms with Crippen LogP contribution >= 0.6 is 11.6 Å². The summed E-state index contributed by atoms with van der Waals surface area (Å²) in [6.45, 7) is 1.35. The van der Waals surface area contributed by atoms with Crippen LogP contribution in [0.2, 0.25) is 5.02 Å². The van der Waals surface area contributed by atoms with Gasteiger partial charge in [-0.25, -0.2) is 13.1 Å². The number of sulfonamides is 1. The number of carbonyl (C=O) groups is 1. The molecule has 0 radical (unpaired) electrons. The molecule has 1 fully saturated rings. The standard InChI is InChI=1S/C16H22ClN3O5S/c1-11-14(17)9-13(10-15(11)20(22)23)26(24,25)18-8-7-16(21)19-12-5-3-2-4-6-12/h9-10,12,18H,2-8H2,1H3,(H,19,21). The van der Waals surface area contributed by atoms with Gasteiger partial charge in [0.1, 0.15) is 0 Å². The van der Waals surface area contributed by atoms with E-state index in [9.17, 15) is 23.3 Å². The highest BCUT2D eigenvalue weighted by Gasteiger charge is 2.23. The van der Waals surface area contributed by atoms with E-state index in [1.165, 1.54) is 13.3 Å². The number of nitro benzene ring substituents is 1. The zero-order valence-electron chi connectivity index (χ0n) is 14.5. The van der Waals surface area contributed by atoms with E-state index in [-0.39, 0.29) is 46.1 Å². The van der Waals surface area contributed by atoms with Gasteiger partial charge in [-0.05, 0) is 25.8 Å². The number of benzene rings is 1. The van der Waals surface area contributed by atoms with Crippen molar-refractivity contribution in [3.8, 4) is 0 Å². The van der Waals surface area contributed by atoms with Gasteiger partial charge in [-0.2, -0.15) is 0 Å². The first-order chi connectivity index (χ1) is 12.2. The van der Waals surface area contributed by atoms with Crippen LogP contribution in [-0.4, -0.2) is 31.8 Å². The Kier molecular flexibility index (Phi) is 6.96. The molecular weight excluding hydrogens is 382 g/mol. The van der Waals surface area contributed by atoms with E-state index in [1.807, 2.05) is 0 Å². The smallest absolute Gasteiger partial charge is 0.275 e. The van der Waals surface area contributed by atoms with Gasteiger partial charge >= 0.3 is 0 Å². The van der Waals surface area contributed by atoms with Gasteiger partial charge in [-0.15, -0.1) is 0 Å². The van der Waals surface area contributed by atoms with Gasteiger partial charge < -0.3 is 5.32 Å². The molecule has 1 aromatic rings. The maximum absolute atomic E-state index is 12.3. The van der Waals surface area contributed by atoms with Crippen molar-refractivity contribution in [1.82, 2.24) is 10.0 Å². The molecule has 10 heteroatoms. The quantitative estimate of drug-likeness (QED) is 0.535. The number of amides is 1. The third-order valence-electron chi connectivity index (χ3n) is 4.41. The molecule has 0 heterocycles. The van der Waals surface area contributed by atoms with Crippen LogP contribution in [0.3, 0.4) is 0 Å². The minimum absolute atomic E-state index is 0.00256. The molecular formula is C16H22ClN3O5S. The number of hydrogen-bond acceptors (Lipinski definition) is 5. The number of nitrogens with zero attached hydrogens (tertiary/aromatic N) is 1. The SMILES string of the molecule is Cc1c(Cl)cc(S(=O)(=O)NCCC(=O)NC2CCCCC2)cc1[N+](=O)[O-]. The monoisotopic (exact) mass is 403 g/mol. The average Bonchev–Trinajstić information content (AvgIpc) is 2.57. The number of halogens is 1. The fourth-order valence-corrected chi connectivity index (χ4v) is 4.27. The molecule has 0 spiro atoms. The normalized spacial score (nSPS) is 15.6. The highest BCUT2D eigenvalue weighted by atomic mass is 35.5. The fraction of sp³-hybridized carbons (Fsp3) is 0.562. The van der Waals surface area contributed by atoms with Gasteiger partial charge in [0, 0.05) is 30.6 Å². The Labute approximate surface area is 157 Å². The van der Waals surface area contributed by atoms with Crippen LogP contribution in [0.15, 0.2) is 17.0 Å². The molecule has 0 aliphatic heterocycles. The summed E-state index contributed by atoms with van der Waals surface area (Å²) < 4.78 is 26.9. The summed E-state index contributed by atoms with van der Waals surface area (Å²) in [7, 11) is -4.00. The molecule has 2 rings (SSSR count). The topological polar surface area (TPSA) is 118 Å². The largest absolute Gasteiger partial charge is 0.353 e. The molecule has 0 aromatic heterocycles. The maximum atomic E-state index is 12.3. The number of rotatable bonds is 7. The fourth-order valence-electron chi connectivity index (χ4n) is 2.91. The Balaban J connectivity index is 1.96. The van der Waals surface area contributed by atoms with Gasteiger partial charge in [0.05, 0.1) is 14.8 Å². The van der Waals surface area contributed by atoms with Crippen LogP contribution < -0.4 is 10.0 Å². The predicted molar refractivity (Wildman–Crippen MR) is 97.7 cm³/mol. The van der Waals surface area contributed by atoms with Gasteiger partial charge in [0.2, 0.25) is 15.9 Å². The first-order valence-electron chi connectivity index (χ1n) is 8.44. The molecule has 1 saturated carbocycles. The lowest BCUT2D eigenvalue weighted by Crippen LogP contribution is -2.38. The number of carbonyl (C=O) groups excluding carboxylic acids is 1. The van der Waals surface area contributed by atoms with Crippen molar-refractivity contribution in [2.45, 2.75) is 56.4 Å². The van der Waals surface area contributed by atoms with Crippen molar-refractivity contribution in [1.29, 1.82) is 0 Å².